The Labute approximate surface area is 210 Å². The second-order valence-corrected chi connectivity index (χ2v) is 9.82. The van der Waals surface area contributed by atoms with Gasteiger partial charge in [0.2, 0.25) is 0 Å². The molecule has 0 spiro atoms. The van der Waals surface area contributed by atoms with E-state index in [1.807, 2.05) is 20.8 Å². The van der Waals surface area contributed by atoms with E-state index < -0.39 is 12.1 Å². The van der Waals surface area contributed by atoms with Crippen molar-refractivity contribution in [2.24, 2.45) is 0 Å². The highest BCUT2D eigenvalue weighted by atomic mass is 79.9. The Kier molecular flexibility index (Phi) is 8.21. The topological polar surface area (TPSA) is 87.0 Å². The molecule has 2 aromatic rings. The van der Waals surface area contributed by atoms with Gasteiger partial charge in [0.1, 0.15) is 11.5 Å². The van der Waals surface area contributed by atoms with E-state index in [1.165, 1.54) is 11.1 Å². The molecule has 0 aromatic heterocycles. The molecule has 0 bridgehead atoms. The number of phenolic OH excluding ortho intramolecular Hbond substituents is 1. The summed E-state index contributed by atoms with van der Waals surface area (Å²) >= 11 is 6.91. The Morgan fingerprint density at radius 1 is 1.03 bits per heavy atom. The van der Waals surface area contributed by atoms with Crippen molar-refractivity contribution in [2.75, 3.05) is 0 Å². The van der Waals surface area contributed by atoms with Crippen LogP contribution >= 0.6 is 31.9 Å². The fourth-order valence-corrected chi connectivity index (χ4v) is 5.10. The monoisotopic (exact) mass is 576 g/mol. The molecule has 0 amide bonds. The molecule has 4 rings (SSSR count). The molecule has 0 saturated carbocycles. The number of rotatable bonds is 7. The Hall–Kier alpha value is -2.35. The lowest BCUT2D eigenvalue weighted by Crippen LogP contribution is -2.21. The van der Waals surface area contributed by atoms with Crippen LogP contribution < -0.4 is 4.74 Å². The molecular weight excluding hydrogens is 552 g/mol. The van der Waals surface area contributed by atoms with Crippen molar-refractivity contribution in [3.63, 3.8) is 0 Å². The second kappa shape index (κ2) is 10.7. The van der Waals surface area contributed by atoms with Gasteiger partial charge in [-0.2, -0.15) is 0 Å². The van der Waals surface area contributed by atoms with Crippen molar-refractivity contribution in [2.45, 2.75) is 45.6 Å². The number of fused-ring (bicyclic) bond motifs is 1. The first-order valence-electron chi connectivity index (χ1n) is 10.6. The highest BCUT2D eigenvalue weighted by Gasteiger charge is 2.20. The predicted molar refractivity (Wildman–Crippen MR) is 136 cm³/mol. The number of carboxylic acids is 1. The van der Waals surface area contributed by atoms with Crippen molar-refractivity contribution in [1.82, 2.24) is 0 Å². The van der Waals surface area contributed by atoms with Crippen molar-refractivity contribution in [1.29, 1.82) is 0 Å². The van der Waals surface area contributed by atoms with Gasteiger partial charge in [0, 0.05) is 17.5 Å². The van der Waals surface area contributed by atoms with Crippen molar-refractivity contribution < 1.29 is 24.9 Å². The molecule has 0 aliphatic heterocycles. The van der Waals surface area contributed by atoms with Gasteiger partial charge in [0.05, 0.1) is 8.95 Å². The van der Waals surface area contributed by atoms with Crippen LogP contribution in [0.1, 0.15) is 43.4 Å². The fourth-order valence-electron chi connectivity index (χ4n) is 3.66. The standard InChI is InChI=1S/C20H22Br2O5.C6H4/c1-4-12-17(6-5-15(23)18(12)10(2)3)27-19-13(21)7-11(8-14(19)22)9-16(24)20(25)26;1-2-5-4-6(5)3-1/h5-8,10,16,23-24H,4,9H2,1-3H3,(H,25,26);1-4H. The maximum Gasteiger partial charge on any atom is 0.332 e. The van der Waals surface area contributed by atoms with E-state index >= 15 is 0 Å². The summed E-state index contributed by atoms with van der Waals surface area (Å²) in [6, 6.07) is 15.3. The van der Waals surface area contributed by atoms with E-state index in [0.717, 1.165) is 11.1 Å². The summed E-state index contributed by atoms with van der Waals surface area (Å²) in [7, 11) is 0. The van der Waals surface area contributed by atoms with Crippen LogP contribution in [-0.4, -0.2) is 27.4 Å². The zero-order chi connectivity index (χ0) is 24.3. The van der Waals surface area contributed by atoms with Crippen molar-refractivity contribution >= 4 is 37.8 Å². The van der Waals surface area contributed by atoms with Crippen molar-refractivity contribution in [3.05, 3.63) is 74.2 Å². The zero-order valence-corrected chi connectivity index (χ0v) is 21.8. The molecule has 0 fully saturated rings. The number of aliphatic carboxylic acids is 1. The number of aliphatic hydroxyl groups is 1. The molecule has 1 unspecified atom stereocenters. The molecule has 0 heterocycles. The van der Waals surface area contributed by atoms with Crippen LogP contribution in [0.25, 0.3) is 11.1 Å². The highest BCUT2D eigenvalue weighted by molar-refractivity contribution is 9.11. The molecule has 7 heteroatoms. The quantitative estimate of drug-likeness (QED) is 0.219. The summed E-state index contributed by atoms with van der Waals surface area (Å²) in [5, 5.41) is 28.6. The molecule has 2 aliphatic rings. The Bertz CT molecular complexity index is 1130. The Morgan fingerprint density at radius 3 is 2.06 bits per heavy atom. The molecule has 33 heavy (non-hydrogen) atoms. The molecule has 5 nitrogen and oxygen atoms in total. The molecule has 2 aromatic carbocycles. The number of hydrogen-bond donors (Lipinski definition) is 3. The lowest BCUT2D eigenvalue weighted by molar-refractivity contribution is -0.146. The van der Waals surface area contributed by atoms with E-state index in [2.05, 4.69) is 56.1 Å². The van der Waals surface area contributed by atoms with Crippen LogP contribution in [0.15, 0.2) is 57.5 Å². The van der Waals surface area contributed by atoms with E-state index in [4.69, 9.17) is 9.84 Å². The third-order valence-corrected chi connectivity index (χ3v) is 6.50. The number of carbonyl (C=O) groups is 1. The van der Waals surface area contributed by atoms with Crippen LogP contribution in [-0.2, 0) is 17.6 Å². The molecule has 0 radical (unpaired) electrons. The number of benzene rings is 3. The summed E-state index contributed by atoms with van der Waals surface area (Å²) in [5.74, 6) is 0.332. The minimum atomic E-state index is -1.46. The zero-order valence-electron chi connectivity index (χ0n) is 18.6. The minimum absolute atomic E-state index is 0.0102. The van der Waals surface area contributed by atoms with Crippen molar-refractivity contribution in [3.8, 4) is 28.4 Å². The third-order valence-electron chi connectivity index (χ3n) is 5.32. The van der Waals surface area contributed by atoms with E-state index in [-0.39, 0.29) is 18.1 Å². The fraction of sp³-hybridized carbons (Fsp3) is 0.269. The number of phenols is 1. The smallest absolute Gasteiger partial charge is 0.332 e. The van der Waals surface area contributed by atoms with Crippen LogP contribution in [0.3, 0.4) is 0 Å². The molecule has 0 saturated heterocycles. The summed E-state index contributed by atoms with van der Waals surface area (Å²) in [6.07, 6.45) is -0.771. The second-order valence-electron chi connectivity index (χ2n) is 8.11. The van der Waals surface area contributed by atoms with Gasteiger partial charge >= 0.3 is 5.97 Å². The maximum absolute atomic E-state index is 10.8. The lowest BCUT2D eigenvalue weighted by Gasteiger charge is -2.19. The average Bonchev–Trinajstić information content (AvgIpc) is 3.35. The van der Waals surface area contributed by atoms with Crippen LogP contribution in [0.2, 0.25) is 0 Å². The van der Waals surface area contributed by atoms with E-state index in [9.17, 15) is 15.0 Å². The number of hydrogen-bond acceptors (Lipinski definition) is 4. The van der Waals surface area contributed by atoms with Crippen LogP contribution in [0.4, 0.5) is 0 Å². The van der Waals surface area contributed by atoms with Gasteiger partial charge in [0.25, 0.3) is 0 Å². The highest BCUT2D eigenvalue weighted by Crippen LogP contribution is 2.42. The first kappa shape index (κ1) is 25.3. The Balaban J connectivity index is 0.000000431. The molecule has 1 atom stereocenters. The van der Waals surface area contributed by atoms with Gasteiger partial charge in [-0.05, 0) is 91.2 Å². The van der Waals surface area contributed by atoms with Crippen LogP contribution in [0, 0.1) is 0 Å². The number of aliphatic hydroxyl groups excluding tert-OH is 1. The first-order valence-corrected chi connectivity index (χ1v) is 12.2. The van der Waals surface area contributed by atoms with Gasteiger partial charge in [-0.25, -0.2) is 4.79 Å². The number of carboxylic acid groups (broad SMARTS) is 1. The van der Waals surface area contributed by atoms with Gasteiger partial charge in [-0.1, -0.05) is 39.0 Å². The van der Waals surface area contributed by atoms with Gasteiger partial charge < -0.3 is 20.1 Å². The number of aromatic hydroxyl groups is 1. The summed E-state index contributed by atoms with van der Waals surface area (Å²) in [6.45, 7) is 6.05. The number of halogens is 2. The first-order chi connectivity index (χ1) is 15.6. The maximum atomic E-state index is 10.8. The van der Waals surface area contributed by atoms with E-state index in [0.29, 0.717) is 32.4 Å². The normalized spacial score (nSPS) is 12.1. The number of ether oxygens (including phenoxy) is 1. The summed E-state index contributed by atoms with van der Waals surface area (Å²) < 4.78 is 7.39. The largest absolute Gasteiger partial charge is 0.508 e. The Morgan fingerprint density at radius 2 is 1.64 bits per heavy atom. The predicted octanol–water partition coefficient (Wildman–Crippen LogP) is 7.05. The molecule has 2 aliphatic carbocycles. The SMILES string of the molecule is CCc1c(Oc2c(Br)cc(CC(O)C(=O)O)cc2Br)ccc(O)c1C(C)C.c1cc2cc-2c1. The minimum Gasteiger partial charge on any atom is -0.508 e. The summed E-state index contributed by atoms with van der Waals surface area (Å²) in [5.41, 5.74) is 5.31. The summed E-state index contributed by atoms with van der Waals surface area (Å²) in [4.78, 5) is 10.8. The van der Waals surface area contributed by atoms with Gasteiger partial charge in [-0.3, -0.25) is 0 Å². The van der Waals surface area contributed by atoms with Gasteiger partial charge in [-0.15, -0.1) is 0 Å². The molecule has 3 N–H and O–H groups in total. The third kappa shape index (κ3) is 6.16. The lowest BCUT2D eigenvalue weighted by atomic mass is 9.94. The van der Waals surface area contributed by atoms with Gasteiger partial charge in [0.15, 0.2) is 11.9 Å². The average molecular weight is 578 g/mol. The van der Waals surface area contributed by atoms with E-state index in [1.54, 1.807) is 24.3 Å². The molecule has 174 valence electrons. The molecular formula is C26H26Br2O5. The van der Waals surface area contributed by atoms with Crippen LogP contribution in [0.5, 0.6) is 17.2 Å².